The smallest absolute Gasteiger partial charge is 0.255 e. The molecule has 0 aliphatic rings. The minimum absolute atomic E-state index is 0.160. The molecule has 0 fully saturated rings. The van der Waals surface area contributed by atoms with E-state index in [1.807, 2.05) is 61.5 Å². The zero-order valence-electron chi connectivity index (χ0n) is 13.6. The van der Waals surface area contributed by atoms with Crippen molar-refractivity contribution in [1.29, 1.82) is 0 Å². The van der Waals surface area contributed by atoms with Gasteiger partial charge in [0.15, 0.2) is 0 Å². The molecule has 120 valence electrons. The van der Waals surface area contributed by atoms with E-state index in [1.165, 1.54) is 0 Å². The maximum absolute atomic E-state index is 12.6. The van der Waals surface area contributed by atoms with E-state index >= 15 is 0 Å². The van der Waals surface area contributed by atoms with E-state index in [9.17, 15) is 4.79 Å². The second-order valence-corrected chi connectivity index (χ2v) is 5.75. The van der Waals surface area contributed by atoms with E-state index in [1.54, 1.807) is 12.1 Å². The van der Waals surface area contributed by atoms with Gasteiger partial charge in [-0.25, -0.2) is 0 Å². The summed E-state index contributed by atoms with van der Waals surface area (Å²) >= 11 is 0. The zero-order chi connectivity index (χ0) is 16.9. The van der Waals surface area contributed by atoms with Gasteiger partial charge in [-0.05, 0) is 42.1 Å². The van der Waals surface area contributed by atoms with Crippen molar-refractivity contribution in [3.8, 4) is 5.75 Å². The number of ether oxygens (including phenoxy) is 1. The van der Waals surface area contributed by atoms with Crippen molar-refractivity contribution in [2.24, 2.45) is 0 Å². The van der Waals surface area contributed by atoms with Gasteiger partial charge in [0.25, 0.3) is 5.91 Å². The van der Waals surface area contributed by atoms with Gasteiger partial charge in [-0.15, -0.1) is 0 Å². The molecule has 0 bridgehead atoms. The quantitative estimate of drug-likeness (QED) is 0.669. The van der Waals surface area contributed by atoms with Crippen molar-refractivity contribution in [2.75, 3.05) is 11.9 Å². The molecule has 1 N–H and O–H groups in total. The summed E-state index contributed by atoms with van der Waals surface area (Å²) in [7, 11) is 0. The third-order valence-corrected chi connectivity index (χ3v) is 3.62. The van der Waals surface area contributed by atoms with Crippen LogP contribution in [0.2, 0.25) is 0 Å². The molecule has 3 aromatic carbocycles. The van der Waals surface area contributed by atoms with Crippen molar-refractivity contribution >= 4 is 22.4 Å². The predicted molar refractivity (Wildman–Crippen MR) is 98.7 cm³/mol. The van der Waals surface area contributed by atoms with Gasteiger partial charge in [0, 0.05) is 16.6 Å². The van der Waals surface area contributed by atoms with Crippen LogP contribution in [0.25, 0.3) is 10.8 Å². The number of hydrogen-bond acceptors (Lipinski definition) is 2. The first-order valence-corrected chi connectivity index (χ1v) is 7.80. The standard InChI is InChI=1S/C21H19NO2/c1-15(2)14-24-18-10-5-9-17(13-18)21(23)22-20-12-6-8-16-7-3-4-11-19(16)20/h3-13H,1,14H2,2H3,(H,22,23). The van der Waals surface area contributed by atoms with Gasteiger partial charge in [0.05, 0.1) is 0 Å². The molecule has 0 atom stereocenters. The van der Waals surface area contributed by atoms with Crippen molar-refractivity contribution < 1.29 is 9.53 Å². The highest BCUT2D eigenvalue weighted by molar-refractivity contribution is 6.09. The van der Waals surface area contributed by atoms with Crippen molar-refractivity contribution in [2.45, 2.75) is 6.92 Å². The van der Waals surface area contributed by atoms with Crippen LogP contribution in [0.3, 0.4) is 0 Å². The highest BCUT2D eigenvalue weighted by Gasteiger charge is 2.09. The normalized spacial score (nSPS) is 10.4. The maximum Gasteiger partial charge on any atom is 0.255 e. The average Bonchev–Trinajstić information content (AvgIpc) is 2.60. The Bertz CT molecular complexity index is 894. The van der Waals surface area contributed by atoms with Crippen LogP contribution in [0.15, 0.2) is 78.9 Å². The molecule has 0 spiro atoms. The van der Waals surface area contributed by atoms with Gasteiger partial charge >= 0.3 is 0 Å². The van der Waals surface area contributed by atoms with Crippen molar-refractivity contribution in [3.05, 3.63) is 84.4 Å². The van der Waals surface area contributed by atoms with Gasteiger partial charge in [0.2, 0.25) is 0 Å². The van der Waals surface area contributed by atoms with Gasteiger partial charge in [-0.1, -0.05) is 49.0 Å². The Balaban J connectivity index is 1.82. The summed E-state index contributed by atoms with van der Waals surface area (Å²) in [5.74, 6) is 0.496. The number of carbonyl (C=O) groups is 1. The lowest BCUT2D eigenvalue weighted by atomic mass is 10.1. The van der Waals surface area contributed by atoms with Gasteiger partial charge in [-0.2, -0.15) is 0 Å². The summed E-state index contributed by atoms with van der Waals surface area (Å²) in [6, 6.07) is 21.0. The van der Waals surface area contributed by atoms with E-state index in [0.29, 0.717) is 17.9 Å². The van der Waals surface area contributed by atoms with E-state index in [4.69, 9.17) is 4.74 Å². The van der Waals surface area contributed by atoms with E-state index < -0.39 is 0 Å². The molecule has 3 rings (SSSR count). The Morgan fingerprint density at radius 1 is 1.04 bits per heavy atom. The molecule has 0 unspecified atom stereocenters. The fraction of sp³-hybridized carbons (Fsp3) is 0.0952. The third kappa shape index (κ3) is 3.63. The lowest BCUT2D eigenvalue weighted by Gasteiger charge is -2.10. The average molecular weight is 317 g/mol. The van der Waals surface area contributed by atoms with Crippen LogP contribution in [-0.2, 0) is 0 Å². The topological polar surface area (TPSA) is 38.3 Å². The van der Waals surface area contributed by atoms with Crippen LogP contribution in [0.1, 0.15) is 17.3 Å². The molecule has 0 aliphatic heterocycles. The SMILES string of the molecule is C=C(C)COc1cccc(C(=O)Nc2cccc3ccccc23)c1. The summed E-state index contributed by atoms with van der Waals surface area (Å²) in [6.07, 6.45) is 0. The van der Waals surface area contributed by atoms with Gasteiger partial charge < -0.3 is 10.1 Å². The summed E-state index contributed by atoms with van der Waals surface area (Å²) in [5, 5.41) is 5.09. The molecule has 3 aromatic rings. The number of anilines is 1. The number of carbonyl (C=O) groups excluding carboxylic acids is 1. The molecule has 24 heavy (non-hydrogen) atoms. The highest BCUT2D eigenvalue weighted by atomic mass is 16.5. The Kier molecular flexibility index (Phi) is 4.62. The lowest BCUT2D eigenvalue weighted by Crippen LogP contribution is -2.12. The van der Waals surface area contributed by atoms with Crippen LogP contribution in [-0.4, -0.2) is 12.5 Å². The van der Waals surface area contributed by atoms with Crippen LogP contribution in [0, 0.1) is 0 Å². The monoisotopic (exact) mass is 317 g/mol. The van der Waals surface area contributed by atoms with Gasteiger partial charge in [-0.3, -0.25) is 4.79 Å². The molecule has 0 saturated heterocycles. The fourth-order valence-corrected chi connectivity index (χ4v) is 2.46. The van der Waals surface area contributed by atoms with Gasteiger partial charge in [0.1, 0.15) is 12.4 Å². The summed E-state index contributed by atoms with van der Waals surface area (Å²) in [5.41, 5.74) is 2.29. The number of amides is 1. The largest absolute Gasteiger partial charge is 0.489 e. The second-order valence-electron chi connectivity index (χ2n) is 5.75. The molecule has 0 aliphatic carbocycles. The molecule has 3 nitrogen and oxygen atoms in total. The Morgan fingerprint density at radius 3 is 2.62 bits per heavy atom. The number of benzene rings is 3. The fourth-order valence-electron chi connectivity index (χ4n) is 2.46. The highest BCUT2D eigenvalue weighted by Crippen LogP contribution is 2.24. The van der Waals surface area contributed by atoms with E-state index in [-0.39, 0.29) is 5.91 Å². The Hall–Kier alpha value is -3.07. The number of hydrogen-bond donors (Lipinski definition) is 1. The summed E-state index contributed by atoms with van der Waals surface area (Å²) in [4.78, 5) is 12.6. The first-order chi connectivity index (χ1) is 11.6. The minimum atomic E-state index is -0.160. The van der Waals surface area contributed by atoms with Crippen LogP contribution >= 0.6 is 0 Å². The molecule has 0 aromatic heterocycles. The van der Waals surface area contributed by atoms with Crippen molar-refractivity contribution in [1.82, 2.24) is 0 Å². The molecule has 1 amide bonds. The number of rotatable bonds is 5. The molecule has 0 radical (unpaired) electrons. The van der Waals surface area contributed by atoms with Crippen LogP contribution in [0.5, 0.6) is 5.75 Å². The number of fused-ring (bicyclic) bond motifs is 1. The molecular weight excluding hydrogens is 298 g/mol. The molecule has 3 heteroatoms. The van der Waals surface area contributed by atoms with Crippen molar-refractivity contribution in [3.63, 3.8) is 0 Å². The van der Waals surface area contributed by atoms with Crippen LogP contribution < -0.4 is 10.1 Å². The van der Waals surface area contributed by atoms with E-state index in [0.717, 1.165) is 22.0 Å². The second kappa shape index (κ2) is 7.01. The first kappa shape index (κ1) is 15.8. The third-order valence-electron chi connectivity index (χ3n) is 3.62. The Morgan fingerprint density at radius 2 is 1.79 bits per heavy atom. The molecule has 0 heterocycles. The number of nitrogens with one attached hydrogen (secondary N) is 1. The molecule has 0 saturated carbocycles. The minimum Gasteiger partial charge on any atom is -0.489 e. The summed E-state index contributed by atoms with van der Waals surface area (Å²) in [6.45, 7) is 6.15. The first-order valence-electron chi connectivity index (χ1n) is 7.80. The molecular formula is C21H19NO2. The predicted octanol–water partition coefficient (Wildman–Crippen LogP) is 5.05. The Labute approximate surface area is 141 Å². The van der Waals surface area contributed by atoms with Crippen LogP contribution in [0.4, 0.5) is 5.69 Å². The zero-order valence-corrected chi connectivity index (χ0v) is 13.6. The van der Waals surface area contributed by atoms with E-state index in [2.05, 4.69) is 11.9 Å². The lowest BCUT2D eigenvalue weighted by molar-refractivity contribution is 0.102. The maximum atomic E-state index is 12.6. The summed E-state index contributed by atoms with van der Waals surface area (Å²) < 4.78 is 5.60.